The van der Waals surface area contributed by atoms with Crippen molar-refractivity contribution in [2.45, 2.75) is 0 Å². The number of esters is 2. The molecular weight excluding hydrogens is 222 g/mol. The lowest BCUT2D eigenvalue weighted by molar-refractivity contribution is -0.139. The van der Waals surface area contributed by atoms with Crippen LogP contribution in [0.15, 0.2) is 12.2 Å². The highest BCUT2D eigenvalue weighted by Gasteiger charge is 1.99. The molecule has 0 unspecified atom stereocenters. The number of hydrogen-bond donors (Lipinski definition) is 0. The van der Waals surface area contributed by atoms with Gasteiger partial charge in [-0.2, -0.15) is 0 Å². The van der Waals surface area contributed by atoms with Crippen molar-refractivity contribution in [3.05, 3.63) is 12.2 Å². The van der Waals surface area contributed by atoms with Gasteiger partial charge in [0.1, 0.15) is 6.61 Å². The van der Waals surface area contributed by atoms with Gasteiger partial charge in [-0.25, -0.2) is 9.59 Å². The molecular formula is C9H16ClNO4. The zero-order chi connectivity index (χ0) is 11.0. The van der Waals surface area contributed by atoms with Gasteiger partial charge in [-0.05, 0) is 14.1 Å². The summed E-state index contributed by atoms with van der Waals surface area (Å²) in [6.45, 7) is 0.954. The van der Waals surface area contributed by atoms with Crippen molar-refractivity contribution in [2.24, 2.45) is 0 Å². The first-order chi connectivity index (χ1) is 6.56. The first-order valence-corrected chi connectivity index (χ1v) is 4.13. The van der Waals surface area contributed by atoms with Crippen LogP contribution in [0.5, 0.6) is 0 Å². The summed E-state index contributed by atoms with van der Waals surface area (Å²) >= 11 is 0. The van der Waals surface area contributed by atoms with Gasteiger partial charge in [-0.15, -0.1) is 12.4 Å². The third-order valence-electron chi connectivity index (χ3n) is 1.34. The molecule has 0 rings (SSSR count). The largest absolute Gasteiger partial charge is 0.466 e. The zero-order valence-electron chi connectivity index (χ0n) is 9.06. The molecule has 0 aliphatic rings. The van der Waals surface area contributed by atoms with Crippen LogP contribution >= 0.6 is 12.4 Å². The Balaban J connectivity index is 0. The first-order valence-electron chi connectivity index (χ1n) is 4.13. The molecule has 6 heteroatoms. The SMILES string of the molecule is COC(=O)/C=C/C(=O)OCCN(C)C.Cl. The summed E-state index contributed by atoms with van der Waals surface area (Å²) in [4.78, 5) is 23.4. The van der Waals surface area contributed by atoms with Crippen LogP contribution < -0.4 is 0 Å². The molecule has 0 bridgehead atoms. The van der Waals surface area contributed by atoms with E-state index in [1.807, 2.05) is 19.0 Å². The Hall–Kier alpha value is -1.07. The van der Waals surface area contributed by atoms with E-state index < -0.39 is 11.9 Å². The molecule has 0 aliphatic heterocycles. The van der Waals surface area contributed by atoms with Crippen molar-refractivity contribution in [2.75, 3.05) is 34.4 Å². The van der Waals surface area contributed by atoms with E-state index in [2.05, 4.69) is 4.74 Å². The predicted molar refractivity (Wildman–Crippen MR) is 57.9 cm³/mol. The normalized spacial score (nSPS) is 9.87. The molecule has 15 heavy (non-hydrogen) atoms. The van der Waals surface area contributed by atoms with Gasteiger partial charge in [0, 0.05) is 18.7 Å². The summed E-state index contributed by atoms with van der Waals surface area (Å²) in [6, 6.07) is 0. The number of carbonyl (C=O) groups is 2. The third-order valence-corrected chi connectivity index (χ3v) is 1.34. The summed E-state index contributed by atoms with van der Waals surface area (Å²) in [6.07, 6.45) is 2.07. The topological polar surface area (TPSA) is 55.8 Å². The van der Waals surface area contributed by atoms with Crippen molar-refractivity contribution < 1.29 is 19.1 Å². The molecule has 0 spiro atoms. The van der Waals surface area contributed by atoms with Crippen LogP contribution in [0, 0.1) is 0 Å². The second kappa shape index (κ2) is 9.48. The number of ether oxygens (including phenoxy) is 2. The number of methoxy groups -OCH3 is 1. The highest BCUT2D eigenvalue weighted by Crippen LogP contribution is 1.85. The minimum absolute atomic E-state index is 0. The Kier molecular flexibility index (Phi) is 10.3. The molecule has 0 atom stereocenters. The summed E-state index contributed by atoms with van der Waals surface area (Å²) in [5, 5.41) is 0. The van der Waals surface area contributed by atoms with Crippen LogP contribution in [0.1, 0.15) is 0 Å². The van der Waals surface area contributed by atoms with Crippen molar-refractivity contribution in [3.63, 3.8) is 0 Å². The fourth-order valence-corrected chi connectivity index (χ4v) is 0.581. The minimum Gasteiger partial charge on any atom is -0.466 e. The summed E-state index contributed by atoms with van der Waals surface area (Å²) in [5.41, 5.74) is 0. The van der Waals surface area contributed by atoms with Gasteiger partial charge in [0.25, 0.3) is 0 Å². The molecule has 0 fully saturated rings. The predicted octanol–water partition coefficient (Wildman–Crippen LogP) is 0.242. The molecule has 0 amide bonds. The van der Waals surface area contributed by atoms with Crippen molar-refractivity contribution in [1.82, 2.24) is 4.90 Å². The molecule has 0 aliphatic carbocycles. The van der Waals surface area contributed by atoms with Crippen LogP contribution in [-0.2, 0) is 19.1 Å². The lowest BCUT2D eigenvalue weighted by atomic mass is 10.5. The summed E-state index contributed by atoms with van der Waals surface area (Å²) in [5.74, 6) is -1.12. The van der Waals surface area contributed by atoms with Gasteiger partial charge in [0.2, 0.25) is 0 Å². The number of hydrogen-bond acceptors (Lipinski definition) is 5. The Bertz CT molecular complexity index is 228. The second-order valence-corrected chi connectivity index (χ2v) is 2.83. The first kappa shape index (κ1) is 16.4. The molecule has 0 aromatic carbocycles. The highest BCUT2D eigenvalue weighted by atomic mass is 35.5. The van der Waals surface area contributed by atoms with Crippen LogP contribution in [0.3, 0.4) is 0 Å². The van der Waals surface area contributed by atoms with Crippen LogP contribution in [-0.4, -0.2) is 51.2 Å². The van der Waals surface area contributed by atoms with E-state index in [0.717, 1.165) is 12.2 Å². The van der Waals surface area contributed by atoms with E-state index in [1.165, 1.54) is 7.11 Å². The molecule has 0 saturated carbocycles. The molecule has 0 N–H and O–H groups in total. The molecule has 5 nitrogen and oxygen atoms in total. The average molecular weight is 238 g/mol. The van der Waals surface area contributed by atoms with E-state index in [0.29, 0.717) is 13.2 Å². The van der Waals surface area contributed by atoms with Gasteiger partial charge < -0.3 is 14.4 Å². The Morgan fingerprint density at radius 1 is 1.20 bits per heavy atom. The van der Waals surface area contributed by atoms with E-state index in [9.17, 15) is 9.59 Å². The monoisotopic (exact) mass is 237 g/mol. The number of rotatable bonds is 5. The minimum atomic E-state index is -0.574. The van der Waals surface area contributed by atoms with E-state index in [4.69, 9.17) is 4.74 Å². The number of nitrogens with zero attached hydrogens (tertiary/aromatic N) is 1. The number of carbonyl (C=O) groups excluding carboxylic acids is 2. The van der Waals surface area contributed by atoms with E-state index in [1.54, 1.807) is 0 Å². The van der Waals surface area contributed by atoms with Crippen molar-refractivity contribution in [3.8, 4) is 0 Å². The van der Waals surface area contributed by atoms with Gasteiger partial charge in [0.15, 0.2) is 0 Å². The van der Waals surface area contributed by atoms with Gasteiger partial charge in [-0.1, -0.05) is 0 Å². The van der Waals surface area contributed by atoms with Gasteiger partial charge >= 0.3 is 11.9 Å². The maximum absolute atomic E-state index is 10.9. The summed E-state index contributed by atoms with van der Waals surface area (Å²) < 4.78 is 9.07. The summed E-state index contributed by atoms with van der Waals surface area (Å²) in [7, 11) is 4.99. The van der Waals surface area contributed by atoms with E-state index in [-0.39, 0.29) is 12.4 Å². The number of likely N-dealkylation sites (N-methyl/N-ethyl adjacent to an activating group) is 1. The fraction of sp³-hybridized carbons (Fsp3) is 0.556. The standard InChI is InChI=1S/C9H15NO4.ClH/c1-10(2)6-7-14-9(12)5-4-8(11)13-3;/h4-5H,6-7H2,1-3H3;1H/b5-4+;. The zero-order valence-corrected chi connectivity index (χ0v) is 9.87. The van der Waals surface area contributed by atoms with Crippen molar-refractivity contribution in [1.29, 1.82) is 0 Å². The number of halogens is 1. The lowest BCUT2D eigenvalue weighted by Crippen LogP contribution is -2.19. The van der Waals surface area contributed by atoms with Crippen LogP contribution in [0.2, 0.25) is 0 Å². The Morgan fingerprint density at radius 2 is 1.73 bits per heavy atom. The fourth-order valence-electron chi connectivity index (χ4n) is 0.581. The van der Waals surface area contributed by atoms with Crippen LogP contribution in [0.25, 0.3) is 0 Å². The quantitative estimate of drug-likeness (QED) is 0.507. The Morgan fingerprint density at radius 3 is 2.20 bits per heavy atom. The third kappa shape index (κ3) is 10.9. The molecule has 0 saturated heterocycles. The molecule has 0 radical (unpaired) electrons. The maximum atomic E-state index is 10.9. The highest BCUT2D eigenvalue weighted by molar-refractivity contribution is 5.91. The molecule has 0 aromatic heterocycles. The molecule has 0 aromatic rings. The van der Waals surface area contributed by atoms with Gasteiger partial charge in [0.05, 0.1) is 7.11 Å². The van der Waals surface area contributed by atoms with E-state index >= 15 is 0 Å². The smallest absolute Gasteiger partial charge is 0.331 e. The van der Waals surface area contributed by atoms with Crippen molar-refractivity contribution >= 4 is 24.3 Å². The molecule has 0 heterocycles. The van der Waals surface area contributed by atoms with Crippen LogP contribution in [0.4, 0.5) is 0 Å². The lowest BCUT2D eigenvalue weighted by Gasteiger charge is -2.08. The maximum Gasteiger partial charge on any atom is 0.331 e. The average Bonchev–Trinajstić information content (AvgIpc) is 2.13. The Labute approximate surface area is 95.4 Å². The van der Waals surface area contributed by atoms with Gasteiger partial charge in [-0.3, -0.25) is 0 Å². The second-order valence-electron chi connectivity index (χ2n) is 2.83. The molecule has 88 valence electrons.